The van der Waals surface area contributed by atoms with Crippen molar-refractivity contribution in [3.8, 4) is 0 Å². The summed E-state index contributed by atoms with van der Waals surface area (Å²) in [6.07, 6.45) is 6.59. The van der Waals surface area contributed by atoms with Gasteiger partial charge in [-0.05, 0) is 45.4 Å². The second-order valence-electron chi connectivity index (χ2n) is 6.18. The molecule has 2 aliphatic rings. The Balaban J connectivity index is 2.06. The van der Waals surface area contributed by atoms with E-state index in [1.807, 2.05) is 0 Å². The Kier molecular flexibility index (Phi) is 4.48. The quantitative estimate of drug-likeness (QED) is 0.864. The molecule has 0 spiro atoms. The average Bonchev–Trinajstić information content (AvgIpc) is 3.32. The summed E-state index contributed by atoms with van der Waals surface area (Å²) in [5.41, 5.74) is 3.76. The molecule has 0 radical (unpaired) electrons. The molecule has 4 nitrogen and oxygen atoms in total. The lowest BCUT2D eigenvalue weighted by Crippen LogP contribution is -2.37. The molecule has 1 aliphatic heterocycles. The molecule has 1 saturated carbocycles. The fourth-order valence-electron chi connectivity index (χ4n) is 3.27. The molecule has 1 aliphatic carbocycles. The van der Waals surface area contributed by atoms with E-state index in [9.17, 15) is 0 Å². The number of pyridine rings is 1. The van der Waals surface area contributed by atoms with E-state index in [4.69, 9.17) is 9.72 Å². The molecule has 0 amide bonds. The molecule has 0 N–H and O–H groups in total. The molecule has 1 aromatic rings. The number of hydrogen-bond acceptors (Lipinski definition) is 5. The van der Waals surface area contributed by atoms with E-state index in [0.29, 0.717) is 0 Å². The topological polar surface area (TPSA) is 28.6 Å². The van der Waals surface area contributed by atoms with Gasteiger partial charge in [0.1, 0.15) is 5.82 Å². The molecule has 2 heterocycles. The van der Waals surface area contributed by atoms with E-state index in [1.165, 1.54) is 11.1 Å². The predicted octanol–water partition coefficient (Wildman–Crippen LogP) is 3.03. The van der Waals surface area contributed by atoms with Crippen molar-refractivity contribution in [3.63, 3.8) is 0 Å². The van der Waals surface area contributed by atoms with Crippen molar-refractivity contribution >= 4 is 24.7 Å². The molecule has 1 saturated heterocycles. The van der Waals surface area contributed by atoms with Crippen LogP contribution in [0.1, 0.15) is 36.6 Å². The van der Waals surface area contributed by atoms with Gasteiger partial charge < -0.3 is 9.64 Å². The average molecular weight is 319 g/mol. The molecular weight excluding hydrogens is 294 g/mol. The van der Waals surface area contributed by atoms with E-state index in [2.05, 4.69) is 61.1 Å². The largest absolute Gasteiger partial charge is 0.378 e. The molecule has 0 aromatic carbocycles. The Morgan fingerprint density at radius 2 is 2.05 bits per heavy atom. The number of ether oxygens (including phenoxy) is 1. The van der Waals surface area contributed by atoms with Crippen molar-refractivity contribution in [3.05, 3.63) is 29.0 Å². The summed E-state index contributed by atoms with van der Waals surface area (Å²) < 4.78 is 7.53. The van der Waals surface area contributed by atoms with Gasteiger partial charge in [0, 0.05) is 24.3 Å². The van der Waals surface area contributed by atoms with E-state index >= 15 is 0 Å². The minimum Gasteiger partial charge on any atom is -0.378 e. The molecule has 120 valence electrons. The smallest absolute Gasteiger partial charge is 0.129 e. The van der Waals surface area contributed by atoms with E-state index in [0.717, 1.165) is 50.7 Å². The van der Waals surface area contributed by atoms with Gasteiger partial charge in [0.2, 0.25) is 0 Å². The number of thiol groups is 1. The van der Waals surface area contributed by atoms with Crippen molar-refractivity contribution in [2.45, 2.75) is 32.2 Å². The predicted molar refractivity (Wildman–Crippen MR) is 94.4 cm³/mol. The Bertz CT molecular complexity index is 576. The van der Waals surface area contributed by atoms with Gasteiger partial charge in [0.05, 0.1) is 18.8 Å². The lowest BCUT2D eigenvalue weighted by atomic mass is 9.97. The maximum absolute atomic E-state index is 5.46. The van der Waals surface area contributed by atoms with Crippen LogP contribution in [0.4, 0.5) is 5.82 Å². The molecule has 2 fully saturated rings. The summed E-state index contributed by atoms with van der Waals surface area (Å²) in [6.45, 7) is 7.56. The number of rotatable bonds is 4. The number of allylic oxidation sites excluding steroid dienone is 1. The first-order valence-electron chi connectivity index (χ1n) is 7.99. The molecule has 0 bridgehead atoms. The van der Waals surface area contributed by atoms with Gasteiger partial charge >= 0.3 is 0 Å². The highest BCUT2D eigenvalue weighted by atomic mass is 32.1. The molecule has 1 aromatic heterocycles. The summed E-state index contributed by atoms with van der Waals surface area (Å²) >= 11 is 4.62. The maximum Gasteiger partial charge on any atom is 0.129 e. The van der Waals surface area contributed by atoms with Crippen LogP contribution in [0.5, 0.6) is 0 Å². The molecule has 0 atom stereocenters. The lowest BCUT2D eigenvalue weighted by Gasteiger charge is -2.31. The van der Waals surface area contributed by atoms with Gasteiger partial charge in [-0.3, -0.25) is 0 Å². The van der Waals surface area contributed by atoms with Crippen molar-refractivity contribution in [1.29, 1.82) is 0 Å². The molecule has 3 rings (SSSR count). The van der Waals surface area contributed by atoms with Gasteiger partial charge in [-0.25, -0.2) is 9.29 Å². The fraction of sp³-hybridized carbons (Fsp3) is 0.588. The monoisotopic (exact) mass is 319 g/mol. The van der Waals surface area contributed by atoms with E-state index in [-0.39, 0.29) is 5.54 Å². The Morgan fingerprint density at radius 3 is 2.59 bits per heavy atom. The normalized spacial score (nSPS) is 20.9. The van der Waals surface area contributed by atoms with E-state index in [1.54, 1.807) is 0 Å². The lowest BCUT2D eigenvalue weighted by molar-refractivity contribution is 0.122. The van der Waals surface area contributed by atoms with Gasteiger partial charge in [-0.2, -0.15) is 0 Å². The third-order valence-corrected chi connectivity index (χ3v) is 5.13. The zero-order valence-electron chi connectivity index (χ0n) is 13.7. The Labute approximate surface area is 138 Å². The summed E-state index contributed by atoms with van der Waals surface area (Å²) in [4.78, 5) is 7.18. The second kappa shape index (κ2) is 6.22. The number of hydrogen-bond donors (Lipinski definition) is 1. The third kappa shape index (κ3) is 2.77. The highest BCUT2D eigenvalue weighted by Crippen LogP contribution is 2.53. The molecule has 0 unspecified atom stereocenters. The maximum atomic E-state index is 5.46. The van der Waals surface area contributed by atoms with Crippen LogP contribution in [0.15, 0.2) is 12.1 Å². The highest BCUT2D eigenvalue weighted by molar-refractivity contribution is 7.77. The molecular formula is C17H25N3OS. The van der Waals surface area contributed by atoms with Crippen LogP contribution in [0.3, 0.4) is 0 Å². The fourth-order valence-corrected chi connectivity index (χ4v) is 3.58. The molecule has 22 heavy (non-hydrogen) atoms. The zero-order valence-corrected chi connectivity index (χ0v) is 14.6. The first-order chi connectivity index (χ1) is 10.6. The molecule has 5 heteroatoms. The van der Waals surface area contributed by atoms with Crippen LogP contribution in [0.25, 0.3) is 6.08 Å². The number of aromatic nitrogens is 1. The van der Waals surface area contributed by atoms with Crippen LogP contribution in [0, 0.1) is 6.92 Å². The van der Waals surface area contributed by atoms with Gasteiger partial charge in [-0.1, -0.05) is 25.0 Å². The first kappa shape index (κ1) is 15.8. The second-order valence-corrected chi connectivity index (χ2v) is 6.78. The summed E-state index contributed by atoms with van der Waals surface area (Å²) in [5.74, 6) is 1.07. The van der Waals surface area contributed by atoms with Crippen LogP contribution in [-0.2, 0) is 10.3 Å². The van der Waals surface area contributed by atoms with Crippen LogP contribution >= 0.6 is 12.8 Å². The van der Waals surface area contributed by atoms with Crippen molar-refractivity contribution in [2.75, 3.05) is 38.3 Å². The number of nitrogens with zero attached hydrogens (tertiary/aromatic N) is 3. The minimum atomic E-state index is 0.0622. The van der Waals surface area contributed by atoms with Gasteiger partial charge in [0.25, 0.3) is 0 Å². The van der Waals surface area contributed by atoms with E-state index < -0.39 is 0 Å². The number of aryl methyl sites for hydroxylation is 1. The minimum absolute atomic E-state index is 0.0622. The Hall–Kier alpha value is -1.04. The zero-order chi connectivity index (χ0) is 15.7. The number of morpholine rings is 1. The first-order valence-corrected chi connectivity index (χ1v) is 8.39. The summed E-state index contributed by atoms with van der Waals surface area (Å²) in [7, 11) is 2.06. The van der Waals surface area contributed by atoms with Crippen LogP contribution in [0.2, 0.25) is 0 Å². The van der Waals surface area contributed by atoms with Gasteiger partial charge in [-0.15, -0.1) is 0 Å². The van der Waals surface area contributed by atoms with Crippen molar-refractivity contribution in [1.82, 2.24) is 9.29 Å². The Morgan fingerprint density at radius 1 is 1.36 bits per heavy atom. The highest BCUT2D eigenvalue weighted by Gasteiger charge is 2.48. The van der Waals surface area contributed by atoms with Crippen molar-refractivity contribution < 1.29 is 4.74 Å². The standard InChI is InChI=1S/C17H25N3OS/c1-4-5-14-13(2)18-16(20-8-10-21-11-9-20)12-15(14)17(6-7-17)19(3)22/h4-5,12,22H,6-11H2,1-3H3/b5-4-. The number of anilines is 1. The van der Waals surface area contributed by atoms with Crippen LogP contribution < -0.4 is 4.90 Å². The van der Waals surface area contributed by atoms with Crippen molar-refractivity contribution in [2.24, 2.45) is 0 Å². The van der Waals surface area contributed by atoms with Crippen LogP contribution in [-0.4, -0.2) is 42.6 Å². The summed E-state index contributed by atoms with van der Waals surface area (Å²) in [5, 5.41) is 0. The van der Waals surface area contributed by atoms with Gasteiger partial charge in [0.15, 0.2) is 0 Å². The summed E-state index contributed by atoms with van der Waals surface area (Å²) in [6, 6.07) is 2.27. The SMILES string of the molecule is C/C=C\c1c(C2(N(C)S)CC2)cc(N2CCOCC2)nc1C. The third-order valence-electron chi connectivity index (χ3n) is 4.75.